The Morgan fingerprint density at radius 1 is 0.912 bits per heavy atom. The van der Waals surface area contributed by atoms with Crippen LogP contribution in [0.5, 0.6) is 0 Å². The maximum Gasteiger partial charge on any atom is 0.241 e. The van der Waals surface area contributed by atoms with E-state index >= 15 is 0 Å². The Kier molecular flexibility index (Phi) is 8.63. The number of piperazine rings is 1. The molecule has 0 bridgehead atoms. The zero-order chi connectivity index (χ0) is 22.2. The lowest BCUT2D eigenvalue weighted by Crippen LogP contribution is -2.50. The van der Waals surface area contributed by atoms with Crippen LogP contribution in [0.1, 0.15) is 16.8 Å². The fourth-order valence-corrected chi connectivity index (χ4v) is 5.16. The Balaban J connectivity index is 0.00000162. The molecule has 1 saturated heterocycles. The number of nitrogens with zero attached hydrogens (tertiary/aromatic N) is 4. The Bertz CT molecular complexity index is 1150. The van der Waals surface area contributed by atoms with Crippen molar-refractivity contribution in [1.82, 2.24) is 14.4 Å². The Morgan fingerprint density at radius 2 is 1.65 bits per heavy atom. The molecule has 5 rings (SSSR count). The molecule has 2 aliphatic heterocycles. The number of hydrogen-bond donors (Lipinski definition) is 0. The van der Waals surface area contributed by atoms with Gasteiger partial charge < -0.3 is 14.4 Å². The van der Waals surface area contributed by atoms with Crippen LogP contribution in [-0.4, -0.2) is 66.6 Å². The van der Waals surface area contributed by atoms with Crippen molar-refractivity contribution in [1.29, 1.82) is 0 Å². The van der Waals surface area contributed by atoms with Gasteiger partial charge in [-0.2, -0.15) is 0 Å². The number of benzene rings is 2. The van der Waals surface area contributed by atoms with Gasteiger partial charge in [0.2, 0.25) is 5.91 Å². The molecule has 5 nitrogen and oxygen atoms in total. The third-order valence-electron chi connectivity index (χ3n) is 7.14. The monoisotopic (exact) mass is 506 g/mol. The molecule has 3 heterocycles. The molecule has 0 unspecified atom stereocenters. The lowest BCUT2D eigenvalue weighted by molar-refractivity contribution is -0.121. The van der Waals surface area contributed by atoms with Crippen molar-refractivity contribution in [3.05, 3.63) is 65.1 Å². The van der Waals surface area contributed by atoms with E-state index in [0.717, 1.165) is 56.7 Å². The summed E-state index contributed by atoms with van der Waals surface area (Å²) in [6.45, 7) is 4.96. The summed E-state index contributed by atoms with van der Waals surface area (Å²) >= 11 is 0. The zero-order valence-corrected chi connectivity index (χ0v) is 21.4. The number of rotatable bonds is 4. The van der Waals surface area contributed by atoms with E-state index in [1.807, 2.05) is 17.0 Å². The van der Waals surface area contributed by atoms with Crippen LogP contribution >= 0.6 is 24.8 Å². The van der Waals surface area contributed by atoms with Gasteiger partial charge in [0.15, 0.2) is 0 Å². The first kappa shape index (κ1) is 26.5. The van der Waals surface area contributed by atoms with Crippen molar-refractivity contribution < 1.29 is 9.18 Å². The van der Waals surface area contributed by atoms with Crippen molar-refractivity contribution in [2.45, 2.75) is 19.3 Å². The standard InChI is InChI=1S/C26H31FN4O.2ClH/c1-28-12-10-23-22-8-7-21(17-25(22)29(2)24(23)11-13-28)31-16-15-30(18-26(31)32)14-9-19-3-5-20(27)6-4-19;;/h3-8,17H,9-16,18H2,1-2H3;2*1H. The lowest BCUT2D eigenvalue weighted by atomic mass is 10.1. The highest BCUT2D eigenvalue weighted by atomic mass is 35.5. The van der Waals surface area contributed by atoms with E-state index in [1.54, 1.807) is 0 Å². The second-order valence-electron chi connectivity index (χ2n) is 9.19. The number of likely N-dealkylation sites (N-methyl/N-ethyl adjacent to an activating group) is 1. The predicted octanol–water partition coefficient (Wildman–Crippen LogP) is 4.08. The average Bonchev–Trinajstić information content (AvgIpc) is 2.92. The minimum Gasteiger partial charge on any atom is -0.347 e. The quantitative estimate of drug-likeness (QED) is 0.534. The second-order valence-corrected chi connectivity index (χ2v) is 9.19. The van der Waals surface area contributed by atoms with E-state index in [2.05, 4.69) is 46.7 Å². The van der Waals surface area contributed by atoms with Crippen molar-refractivity contribution in [2.75, 3.05) is 51.2 Å². The van der Waals surface area contributed by atoms with Gasteiger partial charge in [0.25, 0.3) is 0 Å². The van der Waals surface area contributed by atoms with Crippen molar-refractivity contribution in [2.24, 2.45) is 7.05 Å². The fraction of sp³-hybridized carbons (Fsp3) is 0.423. The van der Waals surface area contributed by atoms with Gasteiger partial charge in [-0.05, 0) is 55.3 Å². The number of carbonyl (C=O) groups is 1. The number of hydrogen-bond acceptors (Lipinski definition) is 3. The van der Waals surface area contributed by atoms with Crippen LogP contribution in [0.25, 0.3) is 10.9 Å². The molecule has 1 fully saturated rings. The molecule has 0 saturated carbocycles. The van der Waals surface area contributed by atoms with Crippen LogP contribution in [0.3, 0.4) is 0 Å². The highest BCUT2D eigenvalue weighted by molar-refractivity contribution is 5.98. The van der Waals surface area contributed by atoms with E-state index in [0.29, 0.717) is 13.1 Å². The molecule has 184 valence electrons. The highest BCUT2D eigenvalue weighted by Gasteiger charge is 2.26. The maximum atomic E-state index is 13.1. The van der Waals surface area contributed by atoms with Gasteiger partial charge in [-0.3, -0.25) is 9.69 Å². The maximum absolute atomic E-state index is 13.1. The highest BCUT2D eigenvalue weighted by Crippen LogP contribution is 2.31. The van der Waals surface area contributed by atoms with Gasteiger partial charge in [-0.15, -0.1) is 24.8 Å². The molecule has 2 aromatic carbocycles. The van der Waals surface area contributed by atoms with Crippen molar-refractivity contribution in [3.63, 3.8) is 0 Å². The normalized spacial score (nSPS) is 17.1. The van der Waals surface area contributed by atoms with E-state index in [4.69, 9.17) is 0 Å². The molecule has 0 atom stereocenters. The summed E-state index contributed by atoms with van der Waals surface area (Å²) < 4.78 is 15.4. The van der Waals surface area contributed by atoms with Crippen LogP contribution < -0.4 is 4.90 Å². The van der Waals surface area contributed by atoms with Crippen molar-refractivity contribution >= 4 is 47.3 Å². The summed E-state index contributed by atoms with van der Waals surface area (Å²) in [6, 6.07) is 13.2. The molecule has 3 aromatic rings. The molecule has 8 heteroatoms. The Hall–Kier alpha value is -2.12. The largest absolute Gasteiger partial charge is 0.347 e. The Labute approximate surface area is 213 Å². The first-order valence-corrected chi connectivity index (χ1v) is 11.6. The van der Waals surface area contributed by atoms with E-state index in [9.17, 15) is 9.18 Å². The number of carbonyl (C=O) groups excluding carboxylic acids is 1. The summed E-state index contributed by atoms with van der Waals surface area (Å²) in [6.07, 6.45) is 2.97. The molecule has 0 aliphatic carbocycles. The molecular formula is C26H33Cl2FN4O. The molecule has 1 aromatic heterocycles. The SMILES string of the molecule is CN1CCc2c(n(C)c3cc(N4CCN(CCc5ccc(F)cc5)CC4=O)ccc23)CC1.Cl.Cl. The van der Waals surface area contributed by atoms with Crippen LogP contribution in [0, 0.1) is 5.82 Å². The van der Waals surface area contributed by atoms with Gasteiger partial charge in [0, 0.05) is 63.0 Å². The summed E-state index contributed by atoms with van der Waals surface area (Å²) in [4.78, 5) is 19.5. The fourth-order valence-electron chi connectivity index (χ4n) is 5.16. The number of aromatic nitrogens is 1. The molecule has 2 aliphatic rings. The average molecular weight is 507 g/mol. The molecule has 1 amide bonds. The van der Waals surface area contributed by atoms with Crippen LogP contribution in [0.4, 0.5) is 10.1 Å². The minimum atomic E-state index is -0.212. The minimum absolute atomic E-state index is 0. The lowest BCUT2D eigenvalue weighted by Gasteiger charge is -2.34. The topological polar surface area (TPSA) is 31.7 Å². The van der Waals surface area contributed by atoms with Gasteiger partial charge in [-0.1, -0.05) is 18.2 Å². The summed E-state index contributed by atoms with van der Waals surface area (Å²) in [5, 5.41) is 1.33. The molecule has 0 N–H and O–H groups in total. The second kappa shape index (κ2) is 11.1. The first-order valence-electron chi connectivity index (χ1n) is 11.6. The summed E-state index contributed by atoms with van der Waals surface area (Å²) in [7, 11) is 4.35. The summed E-state index contributed by atoms with van der Waals surface area (Å²) in [5.74, 6) is -0.0661. The number of fused-ring (bicyclic) bond motifs is 3. The number of amides is 1. The summed E-state index contributed by atoms with van der Waals surface area (Å²) in [5.41, 5.74) is 6.22. The van der Waals surface area contributed by atoms with E-state index < -0.39 is 0 Å². The molecular weight excluding hydrogens is 474 g/mol. The number of halogens is 3. The third-order valence-corrected chi connectivity index (χ3v) is 7.14. The molecule has 0 radical (unpaired) electrons. The molecule has 34 heavy (non-hydrogen) atoms. The number of aryl methyl sites for hydroxylation is 1. The van der Waals surface area contributed by atoms with Crippen LogP contribution in [-0.2, 0) is 31.1 Å². The van der Waals surface area contributed by atoms with Gasteiger partial charge in [-0.25, -0.2) is 4.39 Å². The van der Waals surface area contributed by atoms with Gasteiger partial charge in [0.1, 0.15) is 5.82 Å². The zero-order valence-electron chi connectivity index (χ0n) is 19.8. The first-order chi connectivity index (χ1) is 15.5. The van der Waals surface area contributed by atoms with Gasteiger partial charge >= 0.3 is 0 Å². The third kappa shape index (κ3) is 5.25. The van der Waals surface area contributed by atoms with E-state index in [1.165, 1.54) is 34.3 Å². The smallest absolute Gasteiger partial charge is 0.241 e. The van der Waals surface area contributed by atoms with Gasteiger partial charge in [0.05, 0.1) is 12.1 Å². The Morgan fingerprint density at radius 3 is 2.38 bits per heavy atom. The predicted molar refractivity (Wildman–Crippen MR) is 141 cm³/mol. The molecule has 0 spiro atoms. The number of anilines is 1. The van der Waals surface area contributed by atoms with Crippen LogP contribution in [0.15, 0.2) is 42.5 Å². The van der Waals surface area contributed by atoms with Crippen LogP contribution in [0.2, 0.25) is 0 Å². The van der Waals surface area contributed by atoms with Crippen molar-refractivity contribution in [3.8, 4) is 0 Å². The van der Waals surface area contributed by atoms with E-state index in [-0.39, 0.29) is 36.5 Å².